The summed E-state index contributed by atoms with van der Waals surface area (Å²) in [6.45, 7) is 2.83. The van der Waals surface area contributed by atoms with Crippen molar-refractivity contribution < 1.29 is 27.9 Å². The lowest BCUT2D eigenvalue weighted by molar-refractivity contribution is -0.146. The molecular formula is C16H17F3N2O3. The van der Waals surface area contributed by atoms with Crippen LogP contribution in [0.3, 0.4) is 0 Å². The fourth-order valence-electron chi connectivity index (χ4n) is 2.21. The topological polar surface area (TPSA) is 71.3 Å². The molecule has 0 saturated carbocycles. The molecule has 2 aromatic rings. The molecular weight excluding hydrogens is 325 g/mol. The van der Waals surface area contributed by atoms with E-state index in [1.807, 2.05) is 0 Å². The number of aliphatic carboxylic acids is 1. The summed E-state index contributed by atoms with van der Waals surface area (Å²) in [5, 5.41) is 11.8. The summed E-state index contributed by atoms with van der Waals surface area (Å²) >= 11 is 0. The summed E-state index contributed by atoms with van der Waals surface area (Å²) in [4.78, 5) is 23.3. The van der Waals surface area contributed by atoms with Crippen LogP contribution in [0.25, 0.3) is 10.9 Å². The van der Waals surface area contributed by atoms with Crippen molar-refractivity contribution in [2.45, 2.75) is 20.0 Å². The third kappa shape index (κ3) is 3.37. The Labute approximate surface area is 136 Å². The van der Waals surface area contributed by atoms with Gasteiger partial charge < -0.3 is 15.0 Å². The van der Waals surface area contributed by atoms with E-state index in [0.29, 0.717) is 5.52 Å². The average molecular weight is 342 g/mol. The van der Waals surface area contributed by atoms with Gasteiger partial charge in [-0.2, -0.15) is 13.2 Å². The lowest BCUT2D eigenvalue weighted by Crippen LogP contribution is -2.39. The van der Waals surface area contributed by atoms with Crippen molar-refractivity contribution >= 4 is 22.8 Å². The highest BCUT2D eigenvalue weighted by molar-refractivity contribution is 5.99. The Morgan fingerprint density at radius 3 is 2.38 bits per heavy atom. The van der Waals surface area contributed by atoms with Gasteiger partial charge in [0, 0.05) is 24.5 Å². The number of aromatic nitrogens is 1. The normalized spacial score (nSPS) is 12.4. The highest BCUT2D eigenvalue weighted by Gasteiger charge is 2.31. The largest absolute Gasteiger partial charge is 0.481 e. The minimum atomic E-state index is -4.46. The molecule has 0 radical (unpaired) electrons. The molecule has 0 saturated heterocycles. The third-order valence-corrected chi connectivity index (χ3v) is 3.87. The van der Waals surface area contributed by atoms with Gasteiger partial charge in [-0.05, 0) is 38.1 Å². The molecule has 1 aromatic carbocycles. The van der Waals surface area contributed by atoms with Gasteiger partial charge >= 0.3 is 12.1 Å². The summed E-state index contributed by atoms with van der Waals surface area (Å²) in [6, 6.07) is 4.59. The average Bonchev–Trinajstić information content (AvgIpc) is 2.80. The number of carbonyl (C=O) groups excluding carboxylic acids is 1. The fraction of sp³-hybridized carbons (Fsp3) is 0.375. The summed E-state index contributed by atoms with van der Waals surface area (Å²) in [6.07, 6.45) is -4.46. The molecule has 2 rings (SSSR count). The molecule has 0 unspecified atom stereocenters. The molecule has 24 heavy (non-hydrogen) atoms. The Balaban J connectivity index is 2.31. The molecule has 1 heterocycles. The Hall–Kier alpha value is -2.51. The molecule has 1 aromatic heterocycles. The van der Waals surface area contributed by atoms with E-state index in [9.17, 15) is 22.8 Å². The summed E-state index contributed by atoms with van der Waals surface area (Å²) < 4.78 is 39.8. The maximum absolute atomic E-state index is 12.8. The summed E-state index contributed by atoms with van der Waals surface area (Å²) in [5.41, 5.74) is -1.31. The van der Waals surface area contributed by atoms with Gasteiger partial charge in [-0.1, -0.05) is 0 Å². The van der Waals surface area contributed by atoms with Crippen LogP contribution in [0.5, 0.6) is 0 Å². The van der Waals surface area contributed by atoms with Crippen molar-refractivity contribution in [1.82, 2.24) is 9.88 Å². The second kappa shape index (κ2) is 5.85. The van der Waals surface area contributed by atoms with E-state index in [4.69, 9.17) is 5.11 Å². The first-order valence-corrected chi connectivity index (χ1v) is 7.12. The number of benzene rings is 1. The summed E-state index contributed by atoms with van der Waals surface area (Å²) in [7, 11) is 1.56. The van der Waals surface area contributed by atoms with Crippen LogP contribution in [-0.2, 0) is 18.0 Å². The van der Waals surface area contributed by atoms with E-state index in [1.165, 1.54) is 30.5 Å². The number of alkyl halides is 3. The quantitative estimate of drug-likeness (QED) is 0.897. The van der Waals surface area contributed by atoms with E-state index < -0.39 is 29.0 Å². The molecule has 0 aliphatic heterocycles. The number of carbonyl (C=O) groups is 2. The van der Waals surface area contributed by atoms with Crippen LogP contribution in [0.2, 0.25) is 0 Å². The molecule has 0 aliphatic carbocycles. The predicted octanol–water partition coefficient (Wildman–Crippen LogP) is 3.04. The van der Waals surface area contributed by atoms with Crippen LogP contribution in [0, 0.1) is 5.41 Å². The van der Waals surface area contributed by atoms with Crippen molar-refractivity contribution in [2.75, 3.05) is 6.54 Å². The molecule has 2 N–H and O–H groups in total. The second-order valence-electron chi connectivity index (χ2n) is 6.23. The molecule has 0 bridgehead atoms. The Kier molecular flexibility index (Phi) is 4.34. The van der Waals surface area contributed by atoms with Gasteiger partial charge in [0.15, 0.2) is 0 Å². The Bertz CT molecular complexity index is 807. The first kappa shape index (κ1) is 17.8. The number of halogens is 3. The zero-order valence-corrected chi connectivity index (χ0v) is 13.4. The molecule has 0 atom stereocenters. The molecule has 8 heteroatoms. The number of rotatable bonds is 4. The van der Waals surface area contributed by atoms with Crippen molar-refractivity contribution in [3.63, 3.8) is 0 Å². The van der Waals surface area contributed by atoms with E-state index in [1.54, 1.807) is 7.05 Å². The molecule has 5 nitrogen and oxygen atoms in total. The van der Waals surface area contributed by atoms with Crippen LogP contribution in [0.4, 0.5) is 13.2 Å². The number of carboxylic acid groups (broad SMARTS) is 1. The van der Waals surface area contributed by atoms with Gasteiger partial charge in [0.05, 0.1) is 11.0 Å². The van der Waals surface area contributed by atoms with Crippen LogP contribution >= 0.6 is 0 Å². The van der Waals surface area contributed by atoms with Crippen molar-refractivity contribution in [3.8, 4) is 0 Å². The number of amides is 1. The fourth-order valence-corrected chi connectivity index (χ4v) is 2.21. The number of nitrogens with zero attached hydrogens (tertiary/aromatic N) is 1. The first-order chi connectivity index (χ1) is 10.9. The van der Waals surface area contributed by atoms with E-state index >= 15 is 0 Å². The number of nitrogens with one attached hydrogen (secondary N) is 1. The van der Waals surface area contributed by atoms with Gasteiger partial charge in [-0.15, -0.1) is 0 Å². The van der Waals surface area contributed by atoms with Gasteiger partial charge in [0.1, 0.15) is 5.69 Å². The predicted molar refractivity (Wildman–Crippen MR) is 81.7 cm³/mol. The van der Waals surface area contributed by atoms with Crippen LogP contribution < -0.4 is 5.32 Å². The van der Waals surface area contributed by atoms with Crippen molar-refractivity contribution in [1.29, 1.82) is 0 Å². The van der Waals surface area contributed by atoms with E-state index in [-0.39, 0.29) is 17.6 Å². The zero-order chi connectivity index (χ0) is 18.3. The minimum Gasteiger partial charge on any atom is -0.481 e. The monoisotopic (exact) mass is 342 g/mol. The second-order valence-corrected chi connectivity index (χ2v) is 6.23. The Morgan fingerprint density at radius 1 is 1.21 bits per heavy atom. The molecule has 130 valence electrons. The van der Waals surface area contributed by atoms with Gasteiger partial charge in [0.25, 0.3) is 5.91 Å². The molecule has 1 amide bonds. The molecule has 0 fully saturated rings. The van der Waals surface area contributed by atoms with Crippen LogP contribution in [-0.4, -0.2) is 28.1 Å². The molecule has 0 aliphatic rings. The highest BCUT2D eigenvalue weighted by Crippen LogP contribution is 2.32. The van der Waals surface area contributed by atoms with E-state index in [2.05, 4.69) is 5.32 Å². The highest BCUT2D eigenvalue weighted by atomic mass is 19.4. The summed E-state index contributed by atoms with van der Waals surface area (Å²) in [5.74, 6) is -1.61. The number of aryl methyl sites for hydroxylation is 1. The number of hydrogen-bond donors (Lipinski definition) is 2. The number of carboxylic acids is 1. The zero-order valence-electron chi connectivity index (χ0n) is 13.4. The Morgan fingerprint density at radius 2 is 1.83 bits per heavy atom. The van der Waals surface area contributed by atoms with Crippen LogP contribution in [0.1, 0.15) is 29.9 Å². The maximum Gasteiger partial charge on any atom is 0.416 e. The van der Waals surface area contributed by atoms with E-state index in [0.717, 1.165) is 12.1 Å². The first-order valence-electron chi connectivity index (χ1n) is 7.12. The number of hydrogen-bond acceptors (Lipinski definition) is 2. The minimum absolute atomic E-state index is 0.101. The van der Waals surface area contributed by atoms with Gasteiger partial charge in [0.2, 0.25) is 0 Å². The molecule has 0 spiro atoms. The van der Waals surface area contributed by atoms with Crippen molar-refractivity contribution in [3.05, 3.63) is 35.5 Å². The lowest BCUT2D eigenvalue weighted by Gasteiger charge is -2.19. The smallest absolute Gasteiger partial charge is 0.416 e. The van der Waals surface area contributed by atoms with Crippen molar-refractivity contribution in [2.24, 2.45) is 12.5 Å². The standard InChI is InChI=1S/C16H17F3N2O3/c1-15(2,14(23)24)8-20-13(22)12-7-9-6-10(16(17,18)19)4-5-11(9)21(12)3/h4-7H,8H2,1-3H3,(H,20,22)(H,23,24). The SMILES string of the molecule is Cn1c(C(=O)NCC(C)(C)C(=O)O)cc2cc(C(F)(F)F)ccc21. The van der Waals surface area contributed by atoms with Crippen LogP contribution in [0.15, 0.2) is 24.3 Å². The van der Waals surface area contributed by atoms with Gasteiger partial charge in [-0.25, -0.2) is 0 Å². The third-order valence-electron chi connectivity index (χ3n) is 3.87. The maximum atomic E-state index is 12.8. The lowest BCUT2D eigenvalue weighted by atomic mass is 9.94. The number of fused-ring (bicyclic) bond motifs is 1. The van der Waals surface area contributed by atoms with Gasteiger partial charge in [-0.3, -0.25) is 9.59 Å².